The summed E-state index contributed by atoms with van der Waals surface area (Å²) in [6, 6.07) is 17.8. The highest BCUT2D eigenvalue weighted by atomic mass is 127. The monoisotopic (exact) mass is 514 g/mol. The number of guanidine groups is 1. The number of aliphatic imine (C=N–C) groups is 1. The Morgan fingerprint density at radius 2 is 1.71 bits per heavy atom. The number of hydrogen-bond donors (Lipinski definition) is 2. The second kappa shape index (κ2) is 13.4. The molecule has 152 valence electrons. The number of halogens is 2. The van der Waals surface area contributed by atoms with Crippen molar-refractivity contribution in [3.63, 3.8) is 0 Å². The predicted molar refractivity (Wildman–Crippen MR) is 127 cm³/mol. The fourth-order valence-electron chi connectivity index (χ4n) is 2.66. The molecule has 0 aliphatic rings. The summed E-state index contributed by atoms with van der Waals surface area (Å²) in [5, 5.41) is 7.18. The summed E-state index contributed by atoms with van der Waals surface area (Å²) < 4.78 is 0. The third-order valence-electron chi connectivity index (χ3n) is 4.14. The van der Waals surface area contributed by atoms with E-state index in [4.69, 9.17) is 11.6 Å². The van der Waals surface area contributed by atoms with Gasteiger partial charge in [-0.15, -0.1) is 24.0 Å². The Labute approximate surface area is 189 Å². The molecule has 2 aromatic carbocycles. The topological polar surface area (TPSA) is 56.7 Å². The smallest absolute Gasteiger partial charge is 0.224 e. The van der Waals surface area contributed by atoms with Crippen LogP contribution in [0.3, 0.4) is 0 Å². The van der Waals surface area contributed by atoms with Gasteiger partial charge in [-0.05, 0) is 29.7 Å². The van der Waals surface area contributed by atoms with E-state index in [9.17, 15) is 4.79 Å². The minimum Gasteiger partial charge on any atom is -0.356 e. The van der Waals surface area contributed by atoms with E-state index < -0.39 is 0 Å². The maximum Gasteiger partial charge on any atom is 0.224 e. The fourth-order valence-corrected chi connectivity index (χ4v) is 2.88. The summed E-state index contributed by atoms with van der Waals surface area (Å²) in [5.74, 6) is 0.788. The molecule has 0 aliphatic heterocycles. The Morgan fingerprint density at radius 1 is 1.04 bits per heavy atom. The Morgan fingerprint density at radius 3 is 2.39 bits per heavy atom. The van der Waals surface area contributed by atoms with Gasteiger partial charge < -0.3 is 15.5 Å². The molecular weight excluding hydrogens is 487 g/mol. The van der Waals surface area contributed by atoms with E-state index in [0.29, 0.717) is 25.5 Å². The average Bonchev–Trinajstić information content (AvgIpc) is 2.67. The molecule has 0 heterocycles. The zero-order valence-electron chi connectivity index (χ0n) is 16.3. The molecule has 2 aromatic rings. The zero-order chi connectivity index (χ0) is 19.5. The molecule has 0 bridgehead atoms. The van der Waals surface area contributed by atoms with Gasteiger partial charge in [-0.1, -0.05) is 54.1 Å². The van der Waals surface area contributed by atoms with Crippen LogP contribution in [0.4, 0.5) is 0 Å². The Balaban J connectivity index is 0.00000392. The highest BCUT2D eigenvalue weighted by Gasteiger charge is 2.09. The van der Waals surface area contributed by atoms with Crippen LogP contribution in [0, 0.1) is 0 Å². The molecule has 2 N–H and O–H groups in total. The van der Waals surface area contributed by atoms with E-state index in [1.54, 1.807) is 11.9 Å². The van der Waals surface area contributed by atoms with Gasteiger partial charge in [0, 0.05) is 45.2 Å². The van der Waals surface area contributed by atoms with E-state index >= 15 is 0 Å². The Kier molecular flexibility index (Phi) is 11.6. The number of carbonyl (C=O) groups excluding carboxylic acids is 1. The third-order valence-corrected chi connectivity index (χ3v) is 4.37. The maximum atomic E-state index is 12.3. The van der Waals surface area contributed by atoms with Crippen LogP contribution in [0.1, 0.15) is 17.5 Å². The van der Waals surface area contributed by atoms with Gasteiger partial charge in [0.25, 0.3) is 0 Å². The van der Waals surface area contributed by atoms with Crippen molar-refractivity contribution < 1.29 is 4.79 Å². The lowest BCUT2D eigenvalue weighted by atomic mass is 10.1. The van der Waals surface area contributed by atoms with E-state index in [0.717, 1.165) is 23.6 Å². The summed E-state index contributed by atoms with van der Waals surface area (Å²) in [5.41, 5.74) is 2.29. The molecule has 0 aromatic heterocycles. The third kappa shape index (κ3) is 8.93. The number of nitrogens with zero attached hydrogens (tertiary/aromatic N) is 2. The molecule has 7 heteroatoms. The fraction of sp³-hybridized carbons (Fsp3) is 0.333. The molecule has 0 saturated carbocycles. The van der Waals surface area contributed by atoms with Crippen molar-refractivity contribution in [1.82, 2.24) is 15.5 Å². The predicted octanol–water partition coefficient (Wildman–Crippen LogP) is 3.71. The number of rotatable bonds is 8. The number of hydrogen-bond acceptors (Lipinski definition) is 2. The molecule has 28 heavy (non-hydrogen) atoms. The normalized spacial score (nSPS) is 10.8. The maximum absolute atomic E-state index is 12.3. The van der Waals surface area contributed by atoms with E-state index in [1.807, 2.05) is 61.6 Å². The molecular formula is C21H28ClIN4O. The molecule has 0 saturated heterocycles. The zero-order valence-corrected chi connectivity index (χ0v) is 19.4. The van der Waals surface area contributed by atoms with Crippen LogP contribution in [-0.2, 0) is 17.8 Å². The Bertz CT molecular complexity index is 755. The molecule has 0 spiro atoms. The Hall–Kier alpha value is -1.80. The van der Waals surface area contributed by atoms with Gasteiger partial charge in [-0.25, -0.2) is 0 Å². The first-order valence-electron chi connectivity index (χ1n) is 9.05. The minimum atomic E-state index is 0. The van der Waals surface area contributed by atoms with Gasteiger partial charge in [0.2, 0.25) is 5.91 Å². The SMILES string of the molecule is CN=C(NCCC(=O)N(C)Cc1ccccc1)NCCc1cccc(Cl)c1.I. The van der Waals surface area contributed by atoms with Crippen LogP contribution in [0.25, 0.3) is 0 Å². The lowest BCUT2D eigenvalue weighted by Gasteiger charge is -2.18. The van der Waals surface area contributed by atoms with E-state index in [-0.39, 0.29) is 29.9 Å². The molecule has 1 amide bonds. The number of amides is 1. The summed E-state index contributed by atoms with van der Waals surface area (Å²) >= 11 is 6.00. The molecule has 2 rings (SSSR count). The molecule has 0 unspecified atom stereocenters. The molecule has 0 atom stereocenters. The van der Waals surface area contributed by atoms with Crippen molar-refractivity contribution in [2.75, 3.05) is 27.2 Å². The van der Waals surface area contributed by atoms with Crippen LogP contribution in [0.15, 0.2) is 59.6 Å². The first-order valence-corrected chi connectivity index (χ1v) is 9.43. The highest BCUT2D eigenvalue weighted by molar-refractivity contribution is 14.0. The quantitative estimate of drug-likeness (QED) is 0.321. The summed E-state index contributed by atoms with van der Waals surface area (Å²) in [6.45, 7) is 1.89. The second-order valence-electron chi connectivity index (χ2n) is 6.29. The lowest BCUT2D eigenvalue weighted by molar-refractivity contribution is -0.130. The van der Waals surface area contributed by atoms with Gasteiger partial charge in [0.05, 0.1) is 0 Å². The molecule has 0 fully saturated rings. The van der Waals surface area contributed by atoms with Crippen LogP contribution in [0.2, 0.25) is 5.02 Å². The molecule has 5 nitrogen and oxygen atoms in total. The number of carbonyl (C=O) groups is 1. The van der Waals surface area contributed by atoms with Crippen molar-refractivity contribution >= 4 is 47.4 Å². The first kappa shape index (κ1) is 24.2. The van der Waals surface area contributed by atoms with Crippen molar-refractivity contribution in [1.29, 1.82) is 0 Å². The number of benzene rings is 2. The van der Waals surface area contributed by atoms with E-state index in [1.165, 1.54) is 5.56 Å². The number of nitrogens with one attached hydrogen (secondary N) is 2. The molecule has 0 radical (unpaired) electrons. The highest BCUT2D eigenvalue weighted by Crippen LogP contribution is 2.10. The van der Waals surface area contributed by atoms with Crippen LogP contribution < -0.4 is 10.6 Å². The van der Waals surface area contributed by atoms with Crippen molar-refractivity contribution in [2.24, 2.45) is 4.99 Å². The van der Waals surface area contributed by atoms with Crippen molar-refractivity contribution in [3.05, 3.63) is 70.7 Å². The largest absolute Gasteiger partial charge is 0.356 e. The van der Waals surface area contributed by atoms with Gasteiger partial charge in [-0.3, -0.25) is 9.79 Å². The summed E-state index contributed by atoms with van der Waals surface area (Å²) in [7, 11) is 3.55. The van der Waals surface area contributed by atoms with Gasteiger partial charge >= 0.3 is 0 Å². The average molecular weight is 515 g/mol. The van der Waals surface area contributed by atoms with Crippen molar-refractivity contribution in [2.45, 2.75) is 19.4 Å². The summed E-state index contributed by atoms with van der Waals surface area (Å²) in [6.07, 6.45) is 1.26. The van der Waals surface area contributed by atoms with Crippen molar-refractivity contribution in [3.8, 4) is 0 Å². The van der Waals surface area contributed by atoms with Gasteiger partial charge in [0.15, 0.2) is 5.96 Å². The van der Waals surface area contributed by atoms with Gasteiger partial charge in [-0.2, -0.15) is 0 Å². The van der Waals surface area contributed by atoms with Gasteiger partial charge in [0.1, 0.15) is 0 Å². The van der Waals surface area contributed by atoms with Crippen LogP contribution in [-0.4, -0.2) is 44.0 Å². The first-order chi connectivity index (χ1) is 13.1. The standard InChI is InChI=1S/C21H27ClN4O.HI/c1-23-21(24-13-11-17-9-6-10-19(22)15-17)25-14-12-20(27)26(2)16-18-7-4-3-5-8-18;/h3-10,15H,11-14,16H2,1-2H3,(H2,23,24,25);1H. The minimum absolute atomic E-state index is 0. The molecule has 0 aliphatic carbocycles. The van der Waals surface area contributed by atoms with Crippen LogP contribution >= 0.6 is 35.6 Å². The lowest BCUT2D eigenvalue weighted by Crippen LogP contribution is -2.40. The second-order valence-corrected chi connectivity index (χ2v) is 6.73. The van der Waals surface area contributed by atoms with Crippen LogP contribution in [0.5, 0.6) is 0 Å². The van der Waals surface area contributed by atoms with E-state index in [2.05, 4.69) is 15.6 Å². The summed E-state index contributed by atoms with van der Waals surface area (Å²) in [4.78, 5) is 18.2.